The first kappa shape index (κ1) is 61.6. The molecule has 0 spiro atoms. The number of phosphoric ester groups is 1. The van der Waals surface area contributed by atoms with Gasteiger partial charge in [0.2, 0.25) is 5.67 Å². The quantitative estimate of drug-likeness (QED) is 0.0802. The molecular weight excluding hydrogens is 840 g/mol. The molecule has 20 nitrogen and oxygen atoms in total. The number of halogens is 1. The lowest BCUT2D eigenvalue weighted by molar-refractivity contribution is -0.0535. The van der Waals surface area contributed by atoms with Gasteiger partial charge < -0.3 is 49.0 Å². The summed E-state index contributed by atoms with van der Waals surface area (Å²) in [6.45, 7) is 39.3. The van der Waals surface area contributed by atoms with Crippen molar-refractivity contribution in [3.63, 3.8) is 0 Å². The van der Waals surface area contributed by atoms with Gasteiger partial charge in [0.05, 0.1) is 6.61 Å². The second kappa shape index (κ2) is 32.1. The number of H-pyrrole nitrogens is 1. The molecule has 1 fully saturated rings. The predicted octanol–water partition coefficient (Wildman–Crippen LogP) is 3.87. The molecule has 6 atom stereocenters. The predicted molar refractivity (Wildman–Crippen MR) is 228 cm³/mol. The van der Waals surface area contributed by atoms with Crippen LogP contribution >= 0.6 is 23.5 Å². The summed E-state index contributed by atoms with van der Waals surface area (Å²) in [5.41, 5.74) is -5.11. The number of aliphatic hydroxyl groups excluding tert-OH is 1. The molecule has 0 saturated carbocycles. The number of hydrogen-bond donors (Lipinski definition) is 6. The van der Waals surface area contributed by atoms with Crippen molar-refractivity contribution < 1.29 is 60.6 Å². The third-order valence-corrected chi connectivity index (χ3v) is 12.8. The van der Waals surface area contributed by atoms with E-state index in [0.717, 1.165) is 12.3 Å². The van der Waals surface area contributed by atoms with Gasteiger partial charge in [0.15, 0.2) is 6.23 Å². The Balaban J connectivity index is -0.000000898. The Morgan fingerprint density at radius 3 is 1.36 bits per heavy atom. The maximum atomic E-state index is 15.1. The molecule has 2 rings (SSSR count). The zero-order chi connectivity index (χ0) is 46.6. The van der Waals surface area contributed by atoms with E-state index in [2.05, 4.69) is 116 Å². The van der Waals surface area contributed by atoms with Crippen LogP contribution in [-0.2, 0) is 31.6 Å². The lowest BCUT2D eigenvalue weighted by atomic mass is 9.97. The van der Waals surface area contributed by atoms with Crippen LogP contribution in [0.25, 0.3) is 0 Å². The molecule has 0 aromatic carbocycles. The lowest BCUT2D eigenvalue weighted by Crippen LogP contribution is -2.45. The van der Waals surface area contributed by atoms with Crippen LogP contribution in [0.3, 0.4) is 0 Å². The first-order chi connectivity index (χ1) is 27.4. The summed E-state index contributed by atoms with van der Waals surface area (Å²) in [5.74, 6) is 1.57. The summed E-state index contributed by atoms with van der Waals surface area (Å²) >= 11 is 0. The van der Waals surface area contributed by atoms with Gasteiger partial charge in [-0.2, -0.15) is 8.62 Å². The fourth-order valence-corrected chi connectivity index (χ4v) is 8.11. The van der Waals surface area contributed by atoms with Crippen LogP contribution in [0.15, 0.2) is 21.9 Å². The van der Waals surface area contributed by atoms with E-state index in [1.54, 1.807) is 10.9 Å². The van der Waals surface area contributed by atoms with Gasteiger partial charge >= 0.3 is 29.2 Å². The van der Waals surface area contributed by atoms with Gasteiger partial charge in [-0.25, -0.2) is 22.9 Å². The average molecular weight is 915 g/mol. The SMILES string of the molecule is C#C[C@@]1(F)[C@H](O)[C@@H](COP(=O)(O)OP(=O)(O)OP(=O)(O)O)O[C@H]1n1ccc(=O)[nH]c1=O.CCN(CC)CC.CCN(CC)CC.CCN(CC)CC.CCN(CC)CC. The van der Waals surface area contributed by atoms with E-state index in [4.69, 9.17) is 25.8 Å². The van der Waals surface area contributed by atoms with Gasteiger partial charge in [0.1, 0.15) is 12.2 Å². The molecule has 2 heterocycles. The van der Waals surface area contributed by atoms with Crippen molar-refractivity contribution in [2.45, 2.75) is 107 Å². The number of nitrogens with one attached hydrogen (secondary N) is 1. The van der Waals surface area contributed by atoms with Gasteiger partial charge in [0.25, 0.3) is 5.56 Å². The maximum Gasteiger partial charge on any atom is 0.490 e. The molecule has 0 aliphatic carbocycles. The van der Waals surface area contributed by atoms with Crippen LogP contribution in [0.4, 0.5) is 4.39 Å². The zero-order valence-corrected chi connectivity index (χ0v) is 39.7. The minimum absolute atomic E-state index is 0.481. The molecule has 6 N–H and O–H groups in total. The standard InChI is InChI=1S/C11H14FN2O14P3.4C6H15N/c1-2-11(12)8(16)6(26-9(11)14-4-3-7(15)13-10(14)17)5-25-30(21,22)28-31(23,24)27-29(18,19)20;4*1-4-7(5-2)6-3/h1,3-4,6,8-9,16H,5H2,(H,21,22)(H,23,24)(H,13,15,17)(H2,18,19,20);4*4-6H2,1-3H3/t6-,8-,9-,11-;;;;/m1..../s1. The van der Waals surface area contributed by atoms with E-state index in [1.165, 1.54) is 78.5 Å². The first-order valence-corrected chi connectivity index (χ1v) is 24.4. The number of rotatable bonds is 20. The molecule has 59 heavy (non-hydrogen) atoms. The van der Waals surface area contributed by atoms with Crippen molar-refractivity contribution in [3.8, 4) is 12.3 Å². The van der Waals surface area contributed by atoms with Crippen molar-refractivity contribution in [2.75, 3.05) is 85.1 Å². The van der Waals surface area contributed by atoms with Crippen molar-refractivity contribution in [2.24, 2.45) is 0 Å². The molecule has 350 valence electrons. The fourth-order valence-electron chi connectivity index (χ4n) is 5.08. The van der Waals surface area contributed by atoms with E-state index in [9.17, 15) is 33.3 Å². The van der Waals surface area contributed by atoms with Crippen LogP contribution in [0.5, 0.6) is 0 Å². The molecule has 24 heteroatoms. The van der Waals surface area contributed by atoms with E-state index in [-0.39, 0.29) is 0 Å². The number of aliphatic hydroxyl groups is 1. The summed E-state index contributed by atoms with van der Waals surface area (Å²) in [7, 11) is -17.0. The Morgan fingerprint density at radius 1 is 0.729 bits per heavy atom. The van der Waals surface area contributed by atoms with Crippen molar-refractivity contribution >= 4 is 23.5 Å². The number of nitrogens with zero attached hydrogens (tertiary/aromatic N) is 5. The molecule has 2 unspecified atom stereocenters. The number of terminal acetylenes is 1. The summed E-state index contributed by atoms with van der Waals surface area (Å²) in [4.78, 5) is 69.7. The summed E-state index contributed by atoms with van der Waals surface area (Å²) < 4.78 is 65.5. The molecule has 1 aliphatic rings. The molecular formula is C35H74FN6O14P3. The molecule has 1 saturated heterocycles. The van der Waals surface area contributed by atoms with Crippen LogP contribution in [0.2, 0.25) is 0 Å². The van der Waals surface area contributed by atoms with Crippen LogP contribution in [0, 0.1) is 12.3 Å². The molecule has 1 aromatic rings. The highest BCUT2D eigenvalue weighted by Gasteiger charge is 2.58. The van der Waals surface area contributed by atoms with Gasteiger partial charge in [-0.05, 0) is 78.5 Å². The zero-order valence-electron chi connectivity index (χ0n) is 37.0. The molecule has 1 aromatic heterocycles. The van der Waals surface area contributed by atoms with Gasteiger partial charge in [-0.1, -0.05) is 89.0 Å². The summed E-state index contributed by atoms with van der Waals surface area (Å²) in [6.07, 6.45) is -0.315. The number of aromatic amines is 1. The number of phosphoric acid groups is 3. The largest absolute Gasteiger partial charge is 0.490 e. The topological polar surface area (TPSA) is 257 Å². The van der Waals surface area contributed by atoms with Crippen LogP contribution < -0.4 is 11.2 Å². The van der Waals surface area contributed by atoms with Gasteiger partial charge in [-0.3, -0.25) is 18.9 Å². The second-order valence-electron chi connectivity index (χ2n) is 12.3. The van der Waals surface area contributed by atoms with E-state index in [1.807, 2.05) is 0 Å². The first-order valence-electron chi connectivity index (χ1n) is 19.9. The Kier molecular flexibility index (Phi) is 33.5. The number of hydrogen-bond acceptors (Lipinski definition) is 14. The molecule has 0 radical (unpaired) electrons. The van der Waals surface area contributed by atoms with Gasteiger partial charge in [-0.15, -0.1) is 6.42 Å². The van der Waals surface area contributed by atoms with Crippen LogP contribution in [0.1, 0.15) is 89.3 Å². The fraction of sp³-hybridized carbons (Fsp3) is 0.829. The smallest absolute Gasteiger partial charge is 0.386 e. The third kappa shape index (κ3) is 25.8. The highest BCUT2D eigenvalue weighted by molar-refractivity contribution is 7.66. The second-order valence-corrected chi connectivity index (χ2v) is 16.7. The molecule has 0 bridgehead atoms. The Morgan fingerprint density at radius 2 is 1.08 bits per heavy atom. The van der Waals surface area contributed by atoms with E-state index >= 15 is 4.39 Å². The molecule has 0 amide bonds. The van der Waals surface area contributed by atoms with Crippen molar-refractivity contribution in [1.29, 1.82) is 0 Å². The Bertz CT molecular complexity index is 1480. The normalized spacial score (nSPS) is 20.8. The highest BCUT2D eigenvalue weighted by Crippen LogP contribution is 2.66. The maximum absolute atomic E-state index is 15.1. The third-order valence-electron chi connectivity index (χ3n) is 8.96. The summed E-state index contributed by atoms with van der Waals surface area (Å²) in [6, 6.07) is 0.813. The minimum Gasteiger partial charge on any atom is -0.386 e. The Labute approximate surface area is 350 Å². The number of aromatic nitrogens is 2. The van der Waals surface area contributed by atoms with Crippen molar-refractivity contribution in [1.82, 2.24) is 29.2 Å². The molecule has 1 aliphatic heterocycles. The number of alkyl halides is 1. The van der Waals surface area contributed by atoms with Crippen molar-refractivity contribution in [3.05, 3.63) is 33.1 Å². The average Bonchev–Trinajstić information content (AvgIpc) is 3.42. The summed E-state index contributed by atoms with van der Waals surface area (Å²) in [5, 5.41) is 10.1. The lowest BCUT2D eigenvalue weighted by Gasteiger charge is -2.23. The van der Waals surface area contributed by atoms with E-state index in [0.29, 0.717) is 4.57 Å². The van der Waals surface area contributed by atoms with E-state index < -0.39 is 65.4 Å². The monoisotopic (exact) mass is 914 g/mol. The minimum atomic E-state index is -5.80. The Hall–Kier alpha value is -1.66. The van der Waals surface area contributed by atoms with Gasteiger partial charge in [0, 0.05) is 12.3 Å². The number of ether oxygens (including phenoxy) is 1. The van der Waals surface area contributed by atoms with Crippen LogP contribution in [-0.4, -0.2) is 157 Å². The highest BCUT2D eigenvalue weighted by atomic mass is 31.3.